The van der Waals surface area contributed by atoms with E-state index in [1.807, 2.05) is 0 Å². The average Bonchev–Trinajstić information content (AvgIpc) is 2.70. The van der Waals surface area contributed by atoms with Gasteiger partial charge in [0.05, 0.1) is 30.5 Å². The summed E-state index contributed by atoms with van der Waals surface area (Å²) >= 11 is 19.0. The van der Waals surface area contributed by atoms with Crippen molar-refractivity contribution in [1.29, 1.82) is 0 Å². The molecule has 10 heteroatoms. The molecule has 0 spiro atoms. The zero-order valence-corrected chi connectivity index (χ0v) is 18.1. The molecule has 0 saturated carbocycles. The fraction of sp³-hybridized carbons (Fsp3) is 0.0500. The number of nitro benzene ring substituents is 1. The third-order valence-electron chi connectivity index (χ3n) is 4.03. The van der Waals surface area contributed by atoms with E-state index in [0.29, 0.717) is 26.2 Å². The Morgan fingerprint density at radius 1 is 1.00 bits per heavy atom. The van der Waals surface area contributed by atoms with Crippen LogP contribution < -0.4 is 5.32 Å². The highest BCUT2D eigenvalue weighted by molar-refractivity contribution is 7.99. The van der Waals surface area contributed by atoms with Gasteiger partial charge in [0.15, 0.2) is 0 Å². The molecule has 0 saturated heterocycles. The van der Waals surface area contributed by atoms with E-state index < -0.39 is 10.9 Å². The number of nitrogens with one attached hydrogen (secondary N) is 1. The van der Waals surface area contributed by atoms with Crippen molar-refractivity contribution in [3.8, 4) is 0 Å². The quantitative estimate of drug-likeness (QED) is 0.277. The molecular formula is C20H13Cl3N2O4S. The first kappa shape index (κ1) is 22.2. The summed E-state index contributed by atoms with van der Waals surface area (Å²) in [7, 11) is 0. The lowest BCUT2D eigenvalue weighted by Gasteiger charge is -2.10. The van der Waals surface area contributed by atoms with Crippen molar-refractivity contribution in [2.75, 3.05) is 5.32 Å². The molecule has 0 unspecified atom stereocenters. The minimum absolute atomic E-state index is 0.0268. The van der Waals surface area contributed by atoms with E-state index >= 15 is 0 Å². The summed E-state index contributed by atoms with van der Waals surface area (Å²) in [5, 5.41) is 24.7. The number of carbonyl (C=O) groups is 1. The summed E-state index contributed by atoms with van der Waals surface area (Å²) in [5.74, 6) is -1.14. The second kappa shape index (κ2) is 9.57. The Morgan fingerprint density at radius 2 is 1.73 bits per heavy atom. The van der Waals surface area contributed by atoms with E-state index in [1.165, 1.54) is 30.0 Å². The van der Waals surface area contributed by atoms with Crippen molar-refractivity contribution in [2.45, 2.75) is 16.3 Å². The molecule has 0 aromatic heterocycles. The Hall–Kier alpha value is -2.45. The largest absolute Gasteiger partial charge is 0.478 e. The van der Waals surface area contributed by atoms with Crippen LogP contribution in [0.25, 0.3) is 0 Å². The Bertz CT molecular complexity index is 1140. The summed E-state index contributed by atoms with van der Waals surface area (Å²) < 4.78 is 0. The molecule has 0 bridgehead atoms. The summed E-state index contributed by atoms with van der Waals surface area (Å²) in [6.45, 7) is 0.263. The van der Waals surface area contributed by atoms with Gasteiger partial charge in [0.2, 0.25) is 0 Å². The van der Waals surface area contributed by atoms with Crippen molar-refractivity contribution in [2.24, 2.45) is 0 Å². The predicted molar refractivity (Wildman–Crippen MR) is 119 cm³/mol. The Balaban J connectivity index is 1.79. The highest BCUT2D eigenvalue weighted by Gasteiger charge is 2.17. The van der Waals surface area contributed by atoms with Crippen LogP contribution in [0.3, 0.4) is 0 Å². The maximum Gasteiger partial charge on any atom is 0.337 e. The maximum atomic E-state index is 11.6. The van der Waals surface area contributed by atoms with Gasteiger partial charge in [-0.05, 0) is 48.0 Å². The monoisotopic (exact) mass is 482 g/mol. The maximum absolute atomic E-state index is 11.6. The van der Waals surface area contributed by atoms with Crippen LogP contribution in [0.5, 0.6) is 0 Å². The molecule has 2 N–H and O–H groups in total. The van der Waals surface area contributed by atoms with Crippen LogP contribution in [0.2, 0.25) is 15.1 Å². The minimum atomic E-state index is -1.14. The SMILES string of the molecule is O=C(O)c1cc(NCc2ccc(Sc3ccc(Cl)c(Cl)c3)c([N+](=O)[O-])c2)ccc1Cl. The summed E-state index contributed by atoms with van der Waals surface area (Å²) in [6.07, 6.45) is 0. The summed E-state index contributed by atoms with van der Waals surface area (Å²) in [5.41, 5.74) is 1.12. The summed E-state index contributed by atoms with van der Waals surface area (Å²) in [6, 6.07) is 14.4. The molecule has 0 fully saturated rings. The van der Waals surface area contributed by atoms with E-state index in [1.54, 1.807) is 36.4 Å². The van der Waals surface area contributed by atoms with Gasteiger partial charge in [-0.15, -0.1) is 0 Å². The van der Waals surface area contributed by atoms with Gasteiger partial charge in [0, 0.05) is 23.2 Å². The van der Waals surface area contributed by atoms with E-state index in [0.717, 1.165) is 4.90 Å². The van der Waals surface area contributed by atoms with Gasteiger partial charge in [-0.25, -0.2) is 4.79 Å². The van der Waals surface area contributed by atoms with E-state index in [2.05, 4.69) is 5.32 Å². The molecule has 0 radical (unpaired) electrons. The molecule has 3 aromatic rings. The summed E-state index contributed by atoms with van der Waals surface area (Å²) in [4.78, 5) is 23.5. The third-order valence-corrected chi connectivity index (χ3v) is 6.16. The van der Waals surface area contributed by atoms with Crippen LogP contribution in [0.4, 0.5) is 11.4 Å². The number of benzene rings is 3. The second-order valence-corrected chi connectivity index (χ2v) is 8.43. The minimum Gasteiger partial charge on any atom is -0.478 e. The number of nitro groups is 1. The first-order valence-corrected chi connectivity index (χ1v) is 10.4. The third kappa shape index (κ3) is 5.37. The highest BCUT2D eigenvalue weighted by Crippen LogP contribution is 2.37. The van der Waals surface area contributed by atoms with Crippen LogP contribution in [-0.2, 0) is 6.54 Å². The fourth-order valence-electron chi connectivity index (χ4n) is 2.57. The zero-order valence-electron chi connectivity index (χ0n) is 15.1. The molecule has 0 heterocycles. The number of hydrogen-bond donors (Lipinski definition) is 2. The smallest absolute Gasteiger partial charge is 0.337 e. The molecule has 30 heavy (non-hydrogen) atoms. The van der Waals surface area contributed by atoms with Gasteiger partial charge in [-0.3, -0.25) is 10.1 Å². The number of carboxylic acids is 1. The Morgan fingerprint density at radius 3 is 2.40 bits per heavy atom. The van der Waals surface area contributed by atoms with Crippen molar-refractivity contribution >= 4 is 63.9 Å². The number of halogens is 3. The van der Waals surface area contributed by atoms with Crippen molar-refractivity contribution in [3.63, 3.8) is 0 Å². The molecule has 0 aliphatic heterocycles. The van der Waals surface area contributed by atoms with Crippen LogP contribution in [0.1, 0.15) is 15.9 Å². The number of anilines is 1. The zero-order chi connectivity index (χ0) is 21.8. The first-order valence-electron chi connectivity index (χ1n) is 8.41. The Kier molecular flexibility index (Phi) is 7.10. The van der Waals surface area contributed by atoms with Crippen LogP contribution in [0, 0.1) is 10.1 Å². The van der Waals surface area contributed by atoms with Gasteiger partial charge in [-0.1, -0.05) is 52.6 Å². The lowest BCUT2D eigenvalue weighted by atomic mass is 10.1. The topological polar surface area (TPSA) is 92.5 Å². The first-order chi connectivity index (χ1) is 14.2. The normalized spacial score (nSPS) is 10.6. The van der Waals surface area contributed by atoms with Crippen LogP contribution in [-0.4, -0.2) is 16.0 Å². The van der Waals surface area contributed by atoms with E-state index in [9.17, 15) is 14.9 Å². The number of rotatable bonds is 7. The van der Waals surface area contributed by atoms with Gasteiger partial charge < -0.3 is 10.4 Å². The molecule has 0 aliphatic rings. The molecule has 0 atom stereocenters. The van der Waals surface area contributed by atoms with Gasteiger partial charge in [0.25, 0.3) is 5.69 Å². The number of aromatic carboxylic acids is 1. The Labute approximate surface area is 190 Å². The van der Waals surface area contributed by atoms with Crippen molar-refractivity contribution < 1.29 is 14.8 Å². The molecule has 3 rings (SSSR count). The highest BCUT2D eigenvalue weighted by atomic mass is 35.5. The van der Waals surface area contributed by atoms with Crippen LogP contribution >= 0.6 is 46.6 Å². The number of nitrogens with zero attached hydrogens (tertiary/aromatic N) is 1. The average molecular weight is 484 g/mol. The van der Waals surface area contributed by atoms with Gasteiger partial charge in [0.1, 0.15) is 0 Å². The second-order valence-electron chi connectivity index (χ2n) is 6.09. The van der Waals surface area contributed by atoms with Crippen molar-refractivity contribution in [3.05, 3.63) is 90.9 Å². The van der Waals surface area contributed by atoms with E-state index in [4.69, 9.17) is 39.9 Å². The molecule has 0 amide bonds. The molecule has 0 aliphatic carbocycles. The van der Waals surface area contributed by atoms with Gasteiger partial charge in [-0.2, -0.15) is 0 Å². The standard InChI is InChI=1S/C20H13Cl3N2O4S/c21-15-4-2-12(8-14(15)20(26)27)24-10-11-1-6-19(18(7-11)25(28)29)30-13-3-5-16(22)17(23)9-13/h1-9,24H,10H2,(H,26,27). The predicted octanol–water partition coefficient (Wildman–Crippen LogP) is 7.02. The molecule has 6 nitrogen and oxygen atoms in total. The lowest BCUT2D eigenvalue weighted by molar-refractivity contribution is -0.387. The molecule has 3 aromatic carbocycles. The molecular weight excluding hydrogens is 471 g/mol. The van der Waals surface area contributed by atoms with E-state index in [-0.39, 0.29) is 22.8 Å². The fourth-order valence-corrected chi connectivity index (χ4v) is 4.07. The van der Waals surface area contributed by atoms with Crippen LogP contribution in [0.15, 0.2) is 64.4 Å². The lowest BCUT2D eigenvalue weighted by Crippen LogP contribution is -2.03. The number of carboxylic acid groups (broad SMARTS) is 1. The van der Waals surface area contributed by atoms with Gasteiger partial charge >= 0.3 is 5.97 Å². The number of hydrogen-bond acceptors (Lipinski definition) is 5. The molecule has 154 valence electrons. The van der Waals surface area contributed by atoms with Crippen molar-refractivity contribution in [1.82, 2.24) is 0 Å².